The second-order valence-corrected chi connectivity index (χ2v) is 7.33. The molecule has 0 radical (unpaired) electrons. The van der Waals surface area contributed by atoms with E-state index < -0.39 is 0 Å². The Labute approximate surface area is 173 Å². The van der Waals surface area contributed by atoms with Crippen molar-refractivity contribution in [2.75, 3.05) is 29.9 Å². The van der Waals surface area contributed by atoms with E-state index in [9.17, 15) is 4.79 Å². The lowest BCUT2D eigenvalue weighted by atomic mass is 10.1. The molecule has 0 atom stereocenters. The molecule has 0 unspecified atom stereocenters. The SMILES string of the molecule is CCN(CC)c1nc(-c2cccc(NC(=O)COc3ccc(Cl)cc3)c2)cs1. The molecule has 0 fully saturated rings. The van der Waals surface area contributed by atoms with Crippen LogP contribution in [0.1, 0.15) is 13.8 Å². The van der Waals surface area contributed by atoms with Crippen molar-refractivity contribution in [1.82, 2.24) is 4.98 Å². The third-order valence-electron chi connectivity index (χ3n) is 4.15. The quantitative estimate of drug-likeness (QED) is 0.540. The van der Waals surface area contributed by atoms with Crippen molar-refractivity contribution in [1.29, 1.82) is 0 Å². The van der Waals surface area contributed by atoms with Crippen LogP contribution in [0.15, 0.2) is 53.9 Å². The Balaban J connectivity index is 1.63. The van der Waals surface area contributed by atoms with Crippen LogP contribution in [0.5, 0.6) is 5.75 Å². The highest BCUT2D eigenvalue weighted by Gasteiger charge is 2.10. The summed E-state index contributed by atoms with van der Waals surface area (Å²) in [6.07, 6.45) is 0. The van der Waals surface area contributed by atoms with Gasteiger partial charge in [0.15, 0.2) is 11.7 Å². The van der Waals surface area contributed by atoms with Crippen LogP contribution in [0.4, 0.5) is 10.8 Å². The molecule has 1 amide bonds. The zero-order chi connectivity index (χ0) is 19.9. The Kier molecular flexibility index (Phi) is 6.90. The smallest absolute Gasteiger partial charge is 0.262 e. The highest BCUT2D eigenvalue weighted by atomic mass is 35.5. The first-order chi connectivity index (χ1) is 13.6. The molecule has 2 aromatic carbocycles. The van der Waals surface area contributed by atoms with Crippen molar-refractivity contribution in [3.05, 3.63) is 58.9 Å². The van der Waals surface area contributed by atoms with Crippen molar-refractivity contribution in [3.8, 4) is 17.0 Å². The monoisotopic (exact) mass is 415 g/mol. The van der Waals surface area contributed by atoms with E-state index in [2.05, 4.69) is 24.1 Å². The van der Waals surface area contributed by atoms with Crippen LogP contribution >= 0.6 is 22.9 Å². The lowest BCUT2D eigenvalue weighted by Crippen LogP contribution is -2.21. The summed E-state index contributed by atoms with van der Waals surface area (Å²) in [6.45, 7) is 6.01. The van der Waals surface area contributed by atoms with E-state index in [1.54, 1.807) is 35.6 Å². The van der Waals surface area contributed by atoms with Crippen LogP contribution < -0.4 is 15.0 Å². The molecule has 0 bridgehead atoms. The fourth-order valence-corrected chi connectivity index (χ4v) is 3.76. The van der Waals surface area contributed by atoms with Crippen molar-refractivity contribution in [2.45, 2.75) is 13.8 Å². The minimum absolute atomic E-state index is 0.0747. The first-order valence-electron chi connectivity index (χ1n) is 9.08. The number of hydrogen-bond donors (Lipinski definition) is 1. The van der Waals surface area contributed by atoms with Crippen LogP contribution in [0.3, 0.4) is 0 Å². The number of hydrogen-bond acceptors (Lipinski definition) is 5. The molecule has 3 aromatic rings. The molecule has 1 N–H and O–H groups in total. The number of aromatic nitrogens is 1. The van der Waals surface area contributed by atoms with Gasteiger partial charge in [0.25, 0.3) is 5.91 Å². The summed E-state index contributed by atoms with van der Waals surface area (Å²) in [7, 11) is 0. The summed E-state index contributed by atoms with van der Waals surface area (Å²) in [4.78, 5) is 19.1. The molecule has 3 rings (SSSR count). The van der Waals surface area contributed by atoms with E-state index in [1.165, 1.54) is 0 Å². The number of rotatable bonds is 8. The summed E-state index contributed by atoms with van der Waals surface area (Å²) in [5, 5.41) is 6.53. The lowest BCUT2D eigenvalue weighted by Gasteiger charge is -2.16. The normalized spacial score (nSPS) is 10.5. The number of nitrogens with one attached hydrogen (secondary N) is 1. The van der Waals surface area contributed by atoms with Crippen LogP contribution in [-0.2, 0) is 4.79 Å². The second kappa shape index (κ2) is 9.57. The predicted octanol–water partition coefficient (Wildman–Crippen LogP) is 5.33. The molecule has 0 aliphatic heterocycles. The van der Waals surface area contributed by atoms with Gasteiger partial charge in [-0.3, -0.25) is 4.79 Å². The second-order valence-electron chi connectivity index (χ2n) is 6.06. The Morgan fingerprint density at radius 3 is 2.64 bits per heavy atom. The van der Waals surface area contributed by atoms with Crippen LogP contribution in [0.25, 0.3) is 11.3 Å². The molecule has 0 saturated heterocycles. The maximum atomic E-state index is 12.2. The van der Waals surface area contributed by atoms with Crippen LogP contribution in [0.2, 0.25) is 5.02 Å². The van der Waals surface area contributed by atoms with Crippen LogP contribution in [0, 0.1) is 0 Å². The molecule has 1 aromatic heterocycles. The number of anilines is 2. The standard InChI is InChI=1S/C21H22ClN3O2S/c1-3-25(4-2)21-24-19(14-28-21)15-6-5-7-17(12-15)23-20(26)13-27-18-10-8-16(22)9-11-18/h5-12,14H,3-4,13H2,1-2H3,(H,23,26). The molecular formula is C21H22ClN3O2S. The van der Waals surface area contributed by atoms with Gasteiger partial charge in [-0.25, -0.2) is 4.98 Å². The first kappa shape index (κ1) is 20.2. The minimum atomic E-state index is -0.228. The van der Waals surface area contributed by atoms with Gasteiger partial charge >= 0.3 is 0 Å². The third-order valence-corrected chi connectivity index (χ3v) is 5.31. The topological polar surface area (TPSA) is 54.5 Å². The molecule has 0 spiro atoms. The summed E-state index contributed by atoms with van der Waals surface area (Å²) in [5.41, 5.74) is 2.58. The molecule has 0 aliphatic rings. The minimum Gasteiger partial charge on any atom is -0.484 e. The summed E-state index contributed by atoms with van der Waals surface area (Å²) in [6, 6.07) is 14.6. The molecule has 0 aliphatic carbocycles. The van der Waals surface area contributed by atoms with Gasteiger partial charge in [-0.05, 0) is 50.2 Å². The van der Waals surface area contributed by atoms with Gasteiger partial charge in [-0.15, -0.1) is 11.3 Å². The number of carbonyl (C=O) groups excluding carboxylic acids is 1. The molecule has 146 valence electrons. The molecule has 0 saturated carbocycles. The van der Waals surface area contributed by atoms with Crippen molar-refractivity contribution in [3.63, 3.8) is 0 Å². The Hall–Kier alpha value is -2.57. The maximum absolute atomic E-state index is 12.2. The van der Waals surface area contributed by atoms with E-state index in [1.807, 2.05) is 29.6 Å². The molecule has 28 heavy (non-hydrogen) atoms. The zero-order valence-corrected chi connectivity index (χ0v) is 17.4. The molecule has 7 heteroatoms. The van der Waals surface area contributed by atoms with E-state index in [4.69, 9.17) is 21.3 Å². The van der Waals surface area contributed by atoms with Gasteiger partial charge in [-0.2, -0.15) is 0 Å². The molecule has 1 heterocycles. The Bertz CT molecular complexity index is 923. The van der Waals surface area contributed by atoms with E-state index >= 15 is 0 Å². The fourth-order valence-electron chi connectivity index (χ4n) is 2.67. The van der Waals surface area contributed by atoms with Gasteiger partial charge in [0.1, 0.15) is 5.75 Å². The summed E-state index contributed by atoms with van der Waals surface area (Å²) in [5.74, 6) is 0.369. The largest absolute Gasteiger partial charge is 0.484 e. The van der Waals surface area contributed by atoms with Crippen molar-refractivity contribution < 1.29 is 9.53 Å². The van der Waals surface area contributed by atoms with Gasteiger partial charge in [0.2, 0.25) is 0 Å². The summed E-state index contributed by atoms with van der Waals surface area (Å²) >= 11 is 7.47. The molecular weight excluding hydrogens is 394 g/mol. The fraction of sp³-hybridized carbons (Fsp3) is 0.238. The number of carbonyl (C=O) groups is 1. The van der Waals surface area contributed by atoms with E-state index in [0.717, 1.165) is 29.5 Å². The lowest BCUT2D eigenvalue weighted by molar-refractivity contribution is -0.118. The van der Waals surface area contributed by atoms with Gasteiger partial charge in [0.05, 0.1) is 5.69 Å². The van der Waals surface area contributed by atoms with Gasteiger partial charge in [-0.1, -0.05) is 23.7 Å². The summed E-state index contributed by atoms with van der Waals surface area (Å²) < 4.78 is 5.48. The number of thiazole rings is 1. The maximum Gasteiger partial charge on any atom is 0.262 e. The molecule has 5 nitrogen and oxygen atoms in total. The van der Waals surface area contributed by atoms with Crippen molar-refractivity contribution in [2.24, 2.45) is 0 Å². The van der Waals surface area contributed by atoms with Gasteiger partial charge in [0, 0.05) is 34.7 Å². The number of amides is 1. The van der Waals surface area contributed by atoms with Crippen molar-refractivity contribution >= 4 is 39.7 Å². The average Bonchev–Trinajstić information content (AvgIpc) is 3.19. The first-order valence-corrected chi connectivity index (χ1v) is 10.3. The van der Waals surface area contributed by atoms with E-state index in [0.29, 0.717) is 16.5 Å². The highest BCUT2D eigenvalue weighted by Crippen LogP contribution is 2.28. The predicted molar refractivity (Wildman–Crippen MR) is 117 cm³/mol. The highest BCUT2D eigenvalue weighted by molar-refractivity contribution is 7.14. The number of halogens is 1. The Morgan fingerprint density at radius 2 is 1.93 bits per heavy atom. The number of nitrogens with zero attached hydrogens (tertiary/aromatic N) is 2. The third kappa shape index (κ3) is 5.24. The zero-order valence-electron chi connectivity index (χ0n) is 15.8. The average molecular weight is 416 g/mol. The Morgan fingerprint density at radius 1 is 1.18 bits per heavy atom. The number of benzene rings is 2. The van der Waals surface area contributed by atoms with Gasteiger partial charge < -0.3 is 15.0 Å². The number of ether oxygens (including phenoxy) is 1. The van der Waals surface area contributed by atoms with Crippen LogP contribution in [-0.4, -0.2) is 30.6 Å². The van der Waals surface area contributed by atoms with E-state index in [-0.39, 0.29) is 12.5 Å².